The van der Waals surface area contributed by atoms with Crippen molar-refractivity contribution < 1.29 is 18.8 Å². The Kier molecular flexibility index (Phi) is 8.67. The Hall–Kier alpha value is -4.60. The lowest BCUT2D eigenvalue weighted by Gasteiger charge is -2.19. The number of likely N-dealkylation sites (tertiary alicyclic amines) is 2. The number of hydrogen-bond acceptors (Lipinski definition) is 8. The zero-order chi connectivity index (χ0) is 30.6. The van der Waals surface area contributed by atoms with E-state index in [9.17, 15) is 9.59 Å². The van der Waals surface area contributed by atoms with Gasteiger partial charge in [0.1, 0.15) is 11.5 Å². The van der Waals surface area contributed by atoms with E-state index in [0.29, 0.717) is 54.1 Å². The molecule has 2 aromatic heterocycles. The summed E-state index contributed by atoms with van der Waals surface area (Å²) < 4.78 is 11.5. The first kappa shape index (κ1) is 29.5. The molecule has 1 saturated carbocycles. The van der Waals surface area contributed by atoms with Gasteiger partial charge in [0.15, 0.2) is 6.33 Å². The average molecular weight is 595 g/mol. The number of ether oxygens (including phenoxy) is 1. The van der Waals surface area contributed by atoms with Crippen molar-refractivity contribution in [1.29, 1.82) is 0 Å². The van der Waals surface area contributed by atoms with Crippen LogP contribution in [0.15, 0.2) is 65.4 Å². The van der Waals surface area contributed by atoms with E-state index in [4.69, 9.17) is 9.26 Å². The minimum absolute atomic E-state index is 0.165. The second-order valence-electron chi connectivity index (χ2n) is 12.2. The molecule has 3 aliphatic rings. The Morgan fingerprint density at radius 1 is 0.977 bits per heavy atom. The molecule has 2 saturated heterocycles. The molecule has 44 heavy (non-hydrogen) atoms. The maximum atomic E-state index is 12.4. The molecule has 4 aromatic rings. The van der Waals surface area contributed by atoms with Crippen LogP contribution in [0, 0.1) is 5.92 Å². The fourth-order valence-corrected chi connectivity index (χ4v) is 5.61. The van der Waals surface area contributed by atoms with Crippen LogP contribution in [0.4, 0.5) is 0 Å². The van der Waals surface area contributed by atoms with Gasteiger partial charge in [0, 0.05) is 55.2 Å². The second-order valence-corrected chi connectivity index (χ2v) is 12.2. The molecule has 10 nitrogen and oxygen atoms in total. The molecule has 1 aliphatic carbocycles. The van der Waals surface area contributed by atoms with E-state index in [1.165, 1.54) is 19.2 Å². The van der Waals surface area contributed by atoms with Crippen molar-refractivity contribution in [2.45, 2.75) is 71.4 Å². The number of carbonyl (C=O) groups excluding carboxylic acids is 2. The number of carbonyl (C=O) groups is 2. The third kappa shape index (κ3) is 6.96. The lowest BCUT2D eigenvalue weighted by atomic mass is 10.1. The number of amides is 2. The van der Waals surface area contributed by atoms with Gasteiger partial charge >= 0.3 is 0 Å². The summed E-state index contributed by atoms with van der Waals surface area (Å²) in [7, 11) is 0. The summed E-state index contributed by atoms with van der Waals surface area (Å²) in [5.74, 6) is 2.97. The van der Waals surface area contributed by atoms with Crippen molar-refractivity contribution in [2.24, 2.45) is 5.92 Å². The van der Waals surface area contributed by atoms with E-state index in [1.54, 1.807) is 0 Å². The van der Waals surface area contributed by atoms with Crippen LogP contribution in [0.5, 0.6) is 11.5 Å². The minimum Gasteiger partial charge on any atom is -0.457 e. The van der Waals surface area contributed by atoms with Crippen LogP contribution in [0.25, 0.3) is 22.7 Å². The number of nitrogens with zero attached hydrogens (tertiary/aromatic N) is 6. The zero-order valence-electron chi connectivity index (χ0n) is 25.5. The fraction of sp³-hybridized carbons (Fsp3) is 0.412. The molecular weight excluding hydrogens is 556 g/mol. The highest BCUT2D eigenvalue weighted by Gasteiger charge is 2.34. The predicted molar refractivity (Wildman–Crippen MR) is 165 cm³/mol. The molecule has 0 radical (unpaired) electrons. The summed E-state index contributed by atoms with van der Waals surface area (Å²) in [5, 5.41) is 12.4. The quantitative estimate of drug-likeness (QED) is 0.235. The first-order chi connectivity index (χ1) is 21.3. The van der Waals surface area contributed by atoms with Gasteiger partial charge in [-0.2, -0.15) is 15.2 Å². The molecule has 2 aliphatic heterocycles. The Balaban J connectivity index is 0.000000323. The third-order valence-corrected chi connectivity index (χ3v) is 8.20. The number of aromatic nitrogens is 4. The number of benzene rings is 2. The van der Waals surface area contributed by atoms with Crippen LogP contribution in [0.1, 0.15) is 70.1 Å². The SMILES string of the molecule is CC(C)c1ccc(-c2ccc(Oc3cc(-c4ncno4)ccc3CN3C[C@@H](C)CC3=O)cc2)nn1.O=C1CCCN1C1CC1. The Labute approximate surface area is 257 Å². The number of rotatable bonds is 8. The highest BCUT2D eigenvalue weighted by Crippen LogP contribution is 2.33. The van der Waals surface area contributed by atoms with E-state index in [-0.39, 0.29) is 5.91 Å². The normalized spacial score (nSPS) is 18.1. The van der Waals surface area contributed by atoms with Crippen molar-refractivity contribution in [3.8, 4) is 34.2 Å². The molecular formula is C34H38N6O4. The minimum atomic E-state index is 0.165. The largest absolute Gasteiger partial charge is 0.457 e. The zero-order valence-corrected chi connectivity index (χ0v) is 25.5. The van der Waals surface area contributed by atoms with Crippen LogP contribution < -0.4 is 4.74 Å². The summed E-state index contributed by atoms with van der Waals surface area (Å²) >= 11 is 0. The predicted octanol–water partition coefficient (Wildman–Crippen LogP) is 6.25. The van der Waals surface area contributed by atoms with Crippen molar-refractivity contribution in [3.63, 3.8) is 0 Å². The van der Waals surface area contributed by atoms with Crippen molar-refractivity contribution >= 4 is 11.8 Å². The van der Waals surface area contributed by atoms with E-state index < -0.39 is 0 Å². The van der Waals surface area contributed by atoms with E-state index in [0.717, 1.165) is 54.0 Å². The molecule has 7 rings (SSSR count). The van der Waals surface area contributed by atoms with E-state index in [1.807, 2.05) is 64.4 Å². The molecule has 0 N–H and O–H groups in total. The molecule has 1 atom stereocenters. The summed E-state index contributed by atoms with van der Waals surface area (Å²) in [6.45, 7) is 8.54. The van der Waals surface area contributed by atoms with Gasteiger partial charge in [-0.25, -0.2) is 0 Å². The van der Waals surface area contributed by atoms with Crippen molar-refractivity contribution in [1.82, 2.24) is 30.1 Å². The van der Waals surface area contributed by atoms with Gasteiger partial charge in [0.25, 0.3) is 5.89 Å². The lowest BCUT2D eigenvalue weighted by molar-refractivity contribution is -0.129. The summed E-state index contributed by atoms with van der Waals surface area (Å²) in [5.41, 5.74) is 4.39. The second kappa shape index (κ2) is 13.0. The Morgan fingerprint density at radius 2 is 1.77 bits per heavy atom. The van der Waals surface area contributed by atoms with Gasteiger partial charge in [-0.1, -0.05) is 32.0 Å². The number of hydrogen-bond donors (Lipinski definition) is 0. The van der Waals surface area contributed by atoms with Gasteiger partial charge in [-0.15, -0.1) is 0 Å². The van der Waals surface area contributed by atoms with Crippen LogP contribution in [-0.2, 0) is 16.1 Å². The molecule has 0 spiro atoms. The monoisotopic (exact) mass is 594 g/mol. The molecule has 3 fully saturated rings. The van der Waals surface area contributed by atoms with Gasteiger partial charge < -0.3 is 19.1 Å². The van der Waals surface area contributed by atoms with Gasteiger partial charge in [0.05, 0.1) is 11.4 Å². The van der Waals surface area contributed by atoms with Gasteiger partial charge in [0.2, 0.25) is 11.8 Å². The molecule has 10 heteroatoms. The fourth-order valence-electron chi connectivity index (χ4n) is 5.61. The molecule has 0 unspecified atom stereocenters. The van der Waals surface area contributed by atoms with Crippen LogP contribution in [0.2, 0.25) is 0 Å². The standard InChI is InChI=1S/C27H27N5O3.C7H11NO/c1-17(2)23-10-11-24(31-30-23)19-6-8-22(9-7-19)34-25-13-20(27-28-16-29-35-27)4-5-21(25)15-32-14-18(3)12-26(32)33;9-7-2-1-5-8(7)6-3-4-6/h4-11,13,16-18H,12,14-15H2,1-3H3;6H,1-5H2/t18-;/m0./s1. The average Bonchev–Trinajstić information content (AvgIpc) is 3.36. The lowest BCUT2D eigenvalue weighted by Crippen LogP contribution is -2.26. The van der Waals surface area contributed by atoms with Crippen LogP contribution in [-0.4, -0.2) is 61.1 Å². The molecule has 2 aromatic carbocycles. The molecule has 0 bridgehead atoms. The first-order valence-corrected chi connectivity index (χ1v) is 15.4. The Bertz CT molecular complexity index is 1580. The first-order valence-electron chi connectivity index (χ1n) is 15.4. The molecule has 228 valence electrons. The third-order valence-electron chi connectivity index (χ3n) is 8.20. The topological polar surface area (TPSA) is 115 Å². The maximum Gasteiger partial charge on any atom is 0.257 e. The maximum absolute atomic E-state index is 12.4. The van der Waals surface area contributed by atoms with Crippen molar-refractivity contribution in [2.75, 3.05) is 13.1 Å². The highest BCUT2D eigenvalue weighted by atomic mass is 16.5. The van der Waals surface area contributed by atoms with E-state index >= 15 is 0 Å². The van der Waals surface area contributed by atoms with Crippen LogP contribution >= 0.6 is 0 Å². The summed E-state index contributed by atoms with van der Waals surface area (Å²) in [6, 6.07) is 18.1. The van der Waals surface area contributed by atoms with Crippen LogP contribution in [0.3, 0.4) is 0 Å². The van der Waals surface area contributed by atoms with Gasteiger partial charge in [-0.05, 0) is 79.6 Å². The smallest absolute Gasteiger partial charge is 0.257 e. The molecule has 4 heterocycles. The highest BCUT2D eigenvalue weighted by molar-refractivity contribution is 5.79. The van der Waals surface area contributed by atoms with Crippen molar-refractivity contribution in [3.05, 3.63) is 72.2 Å². The summed E-state index contributed by atoms with van der Waals surface area (Å²) in [4.78, 5) is 31.4. The molecule has 2 amide bonds. The van der Waals surface area contributed by atoms with E-state index in [2.05, 4.69) is 41.1 Å². The Morgan fingerprint density at radius 3 is 2.36 bits per heavy atom. The summed E-state index contributed by atoms with van der Waals surface area (Å²) in [6.07, 6.45) is 6.35. The van der Waals surface area contributed by atoms with Gasteiger partial charge in [-0.3, -0.25) is 9.59 Å².